The van der Waals surface area contributed by atoms with Crippen molar-refractivity contribution in [1.29, 1.82) is 0 Å². The van der Waals surface area contributed by atoms with Crippen LogP contribution in [-0.2, 0) is 0 Å². The molecule has 98 valence electrons. The summed E-state index contributed by atoms with van der Waals surface area (Å²) in [4.78, 5) is 11.2. The van der Waals surface area contributed by atoms with Gasteiger partial charge in [0.15, 0.2) is 11.5 Å². The van der Waals surface area contributed by atoms with Gasteiger partial charge in [-0.3, -0.25) is 0 Å². The summed E-state index contributed by atoms with van der Waals surface area (Å²) in [5.41, 5.74) is 0.902. The van der Waals surface area contributed by atoms with Crippen LogP contribution in [0.25, 0.3) is 5.65 Å². The number of rotatable bonds is 5. The summed E-state index contributed by atoms with van der Waals surface area (Å²) >= 11 is 0. The lowest BCUT2D eigenvalue weighted by molar-refractivity contribution is 0.611. The first kappa shape index (κ1) is 12.7. The maximum Gasteiger partial charge on any atom is 0.180 e. The van der Waals surface area contributed by atoms with Crippen molar-refractivity contribution in [2.24, 2.45) is 0 Å². The minimum atomic E-state index is 0.454. The fourth-order valence-electron chi connectivity index (χ4n) is 2.09. The Bertz CT molecular complexity index is 519. The quantitative estimate of drug-likeness (QED) is 0.881. The van der Waals surface area contributed by atoms with Gasteiger partial charge in [0.05, 0.1) is 6.20 Å². The molecule has 1 N–H and O–H groups in total. The molecule has 5 nitrogen and oxygen atoms in total. The second kappa shape index (κ2) is 5.25. The third kappa shape index (κ3) is 2.25. The predicted molar refractivity (Wildman–Crippen MR) is 75.3 cm³/mol. The third-order valence-corrected chi connectivity index (χ3v) is 3.31. The third-order valence-electron chi connectivity index (χ3n) is 3.31. The van der Waals surface area contributed by atoms with Crippen LogP contribution < -0.4 is 10.2 Å². The predicted octanol–water partition coefficient (Wildman–Crippen LogP) is 2.40. The molecule has 0 aromatic carbocycles. The summed E-state index contributed by atoms with van der Waals surface area (Å²) in [7, 11) is 3.96. The minimum Gasteiger partial charge on any atom is -0.372 e. The maximum atomic E-state index is 4.63. The van der Waals surface area contributed by atoms with Crippen molar-refractivity contribution in [2.45, 2.75) is 32.7 Å². The molecule has 0 fully saturated rings. The zero-order chi connectivity index (χ0) is 13.1. The van der Waals surface area contributed by atoms with Crippen LogP contribution in [0.2, 0.25) is 0 Å². The lowest BCUT2D eigenvalue weighted by Crippen LogP contribution is -2.30. The number of fused-ring (bicyclic) bond motifs is 1. The van der Waals surface area contributed by atoms with E-state index in [1.165, 1.54) is 6.42 Å². The molecule has 2 aromatic heterocycles. The van der Waals surface area contributed by atoms with Crippen molar-refractivity contribution in [3.05, 3.63) is 18.6 Å². The van der Waals surface area contributed by atoms with Gasteiger partial charge in [-0.25, -0.2) is 9.97 Å². The van der Waals surface area contributed by atoms with E-state index in [9.17, 15) is 0 Å². The second-order valence-corrected chi connectivity index (χ2v) is 4.61. The summed E-state index contributed by atoms with van der Waals surface area (Å²) < 4.78 is 2.00. The monoisotopic (exact) mass is 247 g/mol. The summed E-state index contributed by atoms with van der Waals surface area (Å²) in [5.74, 6) is 1.78. The average Bonchev–Trinajstić information content (AvgIpc) is 2.84. The van der Waals surface area contributed by atoms with Crippen LogP contribution in [0.4, 0.5) is 11.6 Å². The normalized spacial score (nSPS) is 12.7. The Kier molecular flexibility index (Phi) is 3.69. The van der Waals surface area contributed by atoms with Crippen molar-refractivity contribution in [3.63, 3.8) is 0 Å². The van der Waals surface area contributed by atoms with Crippen molar-refractivity contribution in [2.75, 3.05) is 24.3 Å². The molecule has 0 spiro atoms. The van der Waals surface area contributed by atoms with Gasteiger partial charge in [0, 0.05) is 32.5 Å². The molecule has 2 aromatic rings. The summed E-state index contributed by atoms with van der Waals surface area (Å²) in [6, 6.07) is 0.454. The number of imidazole rings is 1. The summed E-state index contributed by atoms with van der Waals surface area (Å²) in [6.45, 7) is 4.42. The van der Waals surface area contributed by atoms with Crippen LogP contribution >= 0.6 is 0 Å². The number of nitrogens with one attached hydrogen (secondary N) is 1. The van der Waals surface area contributed by atoms with E-state index in [-0.39, 0.29) is 0 Å². The van der Waals surface area contributed by atoms with Gasteiger partial charge in [-0.2, -0.15) is 0 Å². The number of aromatic nitrogens is 3. The van der Waals surface area contributed by atoms with Crippen molar-refractivity contribution < 1.29 is 0 Å². The second-order valence-electron chi connectivity index (χ2n) is 4.61. The molecule has 18 heavy (non-hydrogen) atoms. The van der Waals surface area contributed by atoms with Crippen molar-refractivity contribution in [3.8, 4) is 0 Å². The highest BCUT2D eigenvalue weighted by Crippen LogP contribution is 2.22. The van der Waals surface area contributed by atoms with Crippen LogP contribution in [0.15, 0.2) is 18.6 Å². The van der Waals surface area contributed by atoms with Gasteiger partial charge in [-0.05, 0) is 13.3 Å². The minimum absolute atomic E-state index is 0.454. The Hall–Kier alpha value is -1.78. The molecule has 1 unspecified atom stereocenters. The Morgan fingerprint density at radius 1 is 1.50 bits per heavy atom. The standard InChI is InChI=1S/C13H21N5/c1-5-6-10(2)17(4)13-12-15-7-8-18(12)9-11(14-3)16-13/h7-10,14H,5-6H2,1-4H3. The average molecular weight is 247 g/mol. The summed E-state index contributed by atoms with van der Waals surface area (Å²) in [5, 5.41) is 3.09. The largest absolute Gasteiger partial charge is 0.372 e. The van der Waals surface area contributed by atoms with Gasteiger partial charge in [0.2, 0.25) is 0 Å². The molecular formula is C13H21N5. The van der Waals surface area contributed by atoms with Gasteiger partial charge in [-0.1, -0.05) is 13.3 Å². The molecule has 0 saturated heterocycles. The van der Waals surface area contributed by atoms with E-state index in [4.69, 9.17) is 0 Å². The van der Waals surface area contributed by atoms with Crippen LogP contribution in [0, 0.1) is 0 Å². The van der Waals surface area contributed by atoms with Crippen LogP contribution in [0.1, 0.15) is 26.7 Å². The highest BCUT2D eigenvalue weighted by Gasteiger charge is 2.15. The van der Waals surface area contributed by atoms with E-state index in [1.54, 1.807) is 6.20 Å². The maximum absolute atomic E-state index is 4.63. The lowest BCUT2D eigenvalue weighted by atomic mass is 10.2. The van der Waals surface area contributed by atoms with E-state index in [1.807, 2.05) is 23.8 Å². The van der Waals surface area contributed by atoms with Crippen molar-refractivity contribution in [1.82, 2.24) is 14.4 Å². The topological polar surface area (TPSA) is 45.5 Å². The molecule has 0 radical (unpaired) electrons. The highest BCUT2D eigenvalue weighted by atomic mass is 15.2. The van der Waals surface area contributed by atoms with E-state index in [0.29, 0.717) is 6.04 Å². The van der Waals surface area contributed by atoms with E-state index < -0.39 is 0 Å². The van der Waals surface area contributed by atoms with Gasteiger partial charge >= 0.3 is 0 Å². The highest BCUT2D eigenvalue weighted by molar-refractivity contribution is 5.66. The smallest absolute Gasteiger partial charge is 0.180 e. The number of hydrogen-bond acceptors (Lipinski definition) is 4. The molecule has 0 saturated carbocycles. The van der Waals surface area contributed by atoms with Gasteiger partial charge in [0.1, 0.15) is 5.82 Å². The Balaban J connectivity index is 2.44. The van der Waals surface area contributed by atoms with E-state index in [0.717, 1.165) is 23.7 Å². The molecule has 2 rings (SSSR count). The Labute approximate surface area is 108 Å². The fraction of sp³-hybridized carbons (Fsp3) is 0.538. The molecular weight excluding hydrogens is 226 g/mol. The Morgan fingerprint density at radius 3 is 2.94 bits per heavy atom. The number of nitrogens with zero attached hydrogens (tertiary/aromatic N) is 4. The van der Waals surface area contributed by atoms with Crippen LogP contribution in [0.5, 0.6) is 0 Å². The molecule has 0 amide bonds. The molecule has 5 heteroatoms. The molecule has 1 atom stereocenters. The zero-order valence-corrected chi connectivity index (χ0v) is 11.5. The first-order valence-electron chi connectivity index (χ1n) is 6.41. The van der Waals surface area contributed by atoms with Gasteiger partial charge in [-0.15, -0.1) is 0 Å². The molecule has 0 aliphatic rings. The molecule has 0 aliphatic carbocycles. The van der Waals surface area contributed by atoms with Crippen LogP contribution in [0.3, 0.4) is 0 Å². The summed E-state index contributed by atoms with van der Waals surface area (Å²) in [6.07, 6.45) is 8.01. The number of anilines is 2. The van der Waals surface area contributed by atoms with Crippen LogP contribution in [-0.4, -0.2) is 34.5 Å². The molecule has 0 aliphatic heterocycles. The first-order valence-corrected chi connectivity index (χ1v) is 6.41. The van der Waals surface area contributed by atoms with Gasteiger partial charge < -0.3 is 14.6 Å². The van der Waals surface area contributed by atoms with Crippen molar-refractivity contribution >= 4 is 17.3 Å². The zero-order valence-electron chi connectivity index (χ0n) is 11.5. The SMILES string of the molecule is CCCC(C)N(C)c1nc(NC)cn2ccnc12. The molecule has 0 bridgehead atoms. The lowest BCUT2D eigenvalue weighted by Gasteiger charge is -2.26. The van der Waals surface area contributed by atoms with Gasteiger partial charge in [0.25, 0.3) is 0 Å². The Morgan fingerprint density at radius 2 is 2.28 bits per heavy atom. The molecule has 2 heterocycles. The number of hydrogen-bond donors (Lipinski definition) is 1. The van der Waals surface area contributed by atoms with E-state index in [2.05, 4.69) is 41.1 Å². The van der Waals surface area contributed by atoms with E-state index >= 15 is 0 Å². The first-order chi connectivity index (χ1) is 8.67. The fourth-order valence-corrected chi connectivity index (χ4v) is 2.09.